The van der Waals surface area contributed by atoms with Gasteiger partial charge in [-0.05, 0) is 31.7 Å². The molecule has 19 heavy (non-hydrogen) atoms. The van der Waals surface area contributed by atoms with E-state index in [1.165, 1.54) is 25.2 Å². The van der Waals surface area contributed by atoms with Crippen LogP contribution in [0.25, 0.3) is 0 Å². The Labute approximate surface area is 112 Å². The molecule has 2 fully saturated rings. The van der Waals surface area contributed by atoms with Crippen molar-refractivity contribution in [3.05, 3.63) is 35.3 Å². The zero-order valence-electron chi connectivity index (χ0n) is 10.9. The molecular formula is C14H19N3O2. The second-order valence-electron chi connectivity index (χ2n) is 5.45. The monoisotopic (exact) mass is 261 g/mol. The van der Waals surface area contributed by atoms with Gasteiger partial charge in [0, 0.05) is 31.3 Å². The molecule has 5 heteroatoms. The normalized spacial score (nSPS) is 26.8. The van der Waals surface area contributed by atoms with E-state index in [0.717, 1.165) is 26.1 Å². The predicted molar refractivity (Wildman–Crippen MR) is 70.4 cm³/mol. The van der Waals surface area contributed by atoms with Crippen molar-refractivity contribution >= 4 is 5.91 Å². The number of piperidine rings is 2. The summed E-state index contributed by atoms with van der Waals surface area (Å²) >= 11 is 0. The number of rotatable bonds is 1. The molecule has 1 N–H and O–H groups in total. The summed E-state index contributed by atoms with van der Waals surface area (Å²) in [6, 6.07) is 3.78. The fourth-order valence-electron chi connectivity index (χ4n) is 3.17. The Hall–Kier alpha value is -1.62. The third-order valence-electron chi connectivity index (χ3n) is 4.23. The van der Waals surface area contributed by atoms with Gasteiger partial charge in [-0.2, -0.15) is 4.73 Å². The van der Waals surface area contributed by atoms with E-state index >= 15 is 0 Å². The standard InChI is InChI=1S/C14H19N3O2/c18-14(11-3-8-17(19)9-4-11)16-7-5-13-12(10-16)2-1-6-15-13/h3-4,8-9,12-13,15H,1-2,5-7,10H2/t12-,13+/m1/s1. The van der Waals surface area contributed by atoms with Gasteiger partial charge in [-0.25, -0.2) is 0 Å². The number of pyridine rings is 1. The summed E-state index contributed by atoms with van der Waals surface area (Å²) in [7, 11) is 0. The van der Waals surface area contributed by atoms with Gasteiger partial charge in [0.2, 0.25) is 0 Å². The number of carbonyl (C=O) groups excluding carboxylic acids is 1. The summed E-state index contributed by atoms with van der Waals surface area (Å²) in [5, 5.41) is 14.5. The van der Waals surface area contributed by atoms with Crippen LogP contribution in [0.2, 0.25) is 0 Å². The number of fused-ring (bicyclic) bond motifs is 1. The number of aromatic nitrogens is 1. The third-order valence-corrected chi connectivity index (χ3v) is 4.23. The minimum atomic E-state index is 0.0459. The van der Waals surface area contributed by atoms with Gasteiger partial charge in [0.25, 0.3) is 5.91 Å². The number of hydrogen-bond donors (Lipinski definition) is 1. The lowest BCUT2D eigenvalue weighted by molar-refractivity contribution is -0.605. The SMILES string of the molecule is O=C(c1cc[n+]([O-])cc1)N1CC[C@@H]2NCCC[C@@H]2C1. The van der Waals surface area contributed by atoms with Crippen LogP contribution < -0.4 is 10.0 Å². The van der Waals surface area contributed by atoms with E-state index in [9.17, 15) is 10.0 Å². The van der Waals surface area contributed by atoms with Crippen LogP contribution in [-0.2, 0) is 0 Å². The highest BCUT2D eigenvalue weighted by Gasteiger charge is 2.33. The first-order chi connectivity index (χ1) is 9.24. The second-order valence-corrected chi connectivity index (χ2v) is 5.45. The van der Waals surface area contributed by atoms with Crippen molar-refractivity contribution in [3.63, 3.8) is 0 Å². The molecule has 0 saturated carbocycles. The Morgan fingerprint density at radius 3 is 2.95 bits per heavy atom. The van der Waals surface area contributed by atoms with E-state index in [1.807, 2.05) is 4.90 Å². The van der Waals surface area contributed by atoms with Gasteiger partial charge in [0.05, 0.1) is 5.56 Å². The summed E-state index contributed by atoms with van der Waals surface area (Å²) in [6.07, 6.45) is 6.19. The number of nitrogens with zero attached hydrogens (tertiary/aromatic N) is 2. The van der Waals surface area contributed by atoms with Crippen LogP contribution in [0.1, 0.15) is 29.6 Å². The highest BCUT2D eigenvalue weighted by molar-refractivity contribution is 5.94. The van der Waals surface area contributed by atoms with Gasteiger partial charge in [-0.1, -0.05) is 0 Å². The fourth-order valence-corrected chi connectivity index (χ4v) is 3.17. The second kappa shape index (κ2) is 5.17. The predicted octanol–water partition coefficient (Wildman–Crippen LogP) is 0.534. The molecule has 2 saturated heterocycles. The van der Waals surface area contributed by atoms with E-state index in [2.05, 4.69) is 5.32 Å². The number of nitrogens with one attached hydrogen (secondary N) is 1. The fraction of sp³-hybridized carbons (Fsp3) is 0.571. The smallest absolute Gasteiger partial charge is 0.254 e. The van der Waals surface area contributed by atoms with Crippen molar-refractivity contribution in [1.82, 2.24) is 10.2 Å². The largest absolute Gasteiger partial charge is 0.619 e. The molecule has 0 radical (unpaired) electrons. The summed E-state index contributed by atoms with van der Waals surface area (Å²) in [5.41, 5.74) is 0.606. The first-order valence-electron chi connectivity index (χ1n) is 6.95. The summed E-state index contributed by atoms with van der Waals surface area (Å²) in [4.78, 5) is 14.3. The average Bonchev–Trinajstić information content (AvgIpc) is 2.47. The molecule has 3 heterocycles. The van der Waals surface area contributed by atoms with Gasteiger partial charge in [-0.15, -0.1) is 0 Å². The van der Waals surface area contributed by atoms with E-state index < -0.39 is 0 Å². The van der Waals surface area contributed by atoms with Crippen molar-refractivity contribution < 1.29 is 9.52 Å². The lowest BCUT2D eigenvalue weighted by atomic mass is 9.85. The molecule has 1 aromatic rings. The molecule has 5 nitrogen and oxygen atoms in total. The van der Waals surface area contributed by atoms with Gasteiger partial charge in [0.15, 0.2) is 12.4 Å². The maximum Gasteiger partial charge on any atom is 0.254 e. The molecule has 3 rings (SSSR count). The molecular weight excluding hydrogens is 242 g/mol. The van der Waals surface area contributed by atoms with Gasteiger partial charge >= 0.3 is 0 Å². The Bertz CT molecular complexity index is 460. The van der Waals surface area contributed by atoms with Crippen molar-refractivity contribution in [2.45, 2.75) is 25.3 Å². The Morgan fingerprint density at radius 2 is 2.16 bits per heavy atom. The highest BCUT2D eigenvalue weighted by atomic mass is 16.5. The van der Waals surface area contributed by atoms with Gasteiger partial charge in [-0.3, -0.25) is 4.79 Å². The number of likely N-dealkylation sites (tertiary alicyclic amines) is 1. The molecule has 0 unspecified atom stereocenters. The van der Waals surface area contributed by atoms with Crippen LogP contribution in [0, 0.1) is 11.1 Å². The summed E-state index contributed by atoms with van der Waals surface area (Å²) in [5.74, 6) is 0.629. The molecule has 0 aromatic carbocycles. The molecule has 1 aromatic heterocycles. The van der Waals surface area contributed by atoms with E-state index in [1.54, 1.807) is 12.1 Å². The van der Waals surface area contributed by atoms with Gasteiger partial charge < -0.3 is 15.4 Å². The van der Waals surface area contributed by atoms with Gasteiger partial charge in [0.1, 0.15) is 0 Å². The van der Waals surface area contributed by atoms with Crippen LogP contribution in [0.5, 0.6) is 0 Å². The maximum absolute atomic E-state index is 12.4. The summed E-state index contributed by atoms with van der Waals surface area (Å²) in [6.45, 7) is 2.75. The number of hydrogen-bond acceptors (Lipinski definition) is 3. The minimum absolute atomic E-state index is 0.0459. The first kappa shape index (κ1) is 12.4. The summed E-state index contributed by atoms with van der Waals surface area (Å²) < 4.78 is 0.702. The van der Waals surface area contributed by atoms with E-state index in [4.69, 9.17) is 0 Å². The highest BCUT2D eigenvalue weighted by Crippen LogP contribution is 2.25. The Morgan fingerprint density at radius 1 is 1.37 bits per heavy atom. The lowest BCUT2D eigenvalue weighted by Gasteiger charge is -2.41. The molecule has 2 aliphatic rings. The van der Waals surface area contributed by atoms with Crippen LogP contribution >= 0.6 is 0 Å². The zero-order chi connectivity index (χ0) is 13.2. The first-order valence-corrected chi connectivity index (χ1v) is 6.95. The molecule has 0 bridgehead atoms. The van der Waals surface area contributed by atoms with Crippen LogP contribution in [-0.4, -0.2) is 36.5 Å². The van der Waals surface area contributed by atoms with Crippen molar-refractivity contribution in [3.8, 4) is 0 Å². The minimum Gasteiger partial charge on any atom is -0.619 e. The molecule has 1 amide bonds. The van der Waals surface area contributed by atoms with Crippen molar-refractivity contribution in [2.75, 3.05) is 19.6 Å². The maximum atomic E-state index is 12.4. The van der Waals surface area contributed by atoms with E-state index in [0.29, 0.717) is 22.3 Å². The third kappa shape index (κ3) is 2.56. The number of carbonyl (C=O) groups is 1. The average molecular weight is 261 g/mol. The topological polar surface area (TPSA) is 59.3 Å². The molecule has 0 aliphatic carbocycles. The molecule has 102 valence electrons. The Balaban J connectivity index is 1.69. The molecule has 2 atom stereocenters. The van der Waals surface area contributed by atoms with E-state index in [-0.39, 0.29) is 5.91 Å². The van der Waals surface area contributed by atoms with Crippen LogP contribution in [0.4, 0.5) is 0 Å². The lowest BCUT2D eigenvalue weighted by Crippen LogP contribution is -2.53. The number of amides is 1. The van der Waals surface area contributed by atoms with Crippen molar-refractivity contribution in [2.24, 2.45) is 5.92 Å². The van der Waals surface area contributed by atoms with Crippen LogP contribution in [0.15, 0.2) is 24.5 Å². The molecule has 2 aliphatic heterocycles. The zero-order valence-corrected chi connectivity index (χ0v) is 10.9. The molecule has 0 spiro atoms. The van der Waals surface area contributed by atoms with Crippen molar-refractivity contribution in [1.29, 1.82) is 0 Å². The quantitative estimate of drug-likeness (QED) is 0.593. The van der Waals surface area contributed by atoms with Crippen LogP contribution in [0.3, 0.4) is 0 Å². The Kier molecular flexibility index (Phi) is 3.38.